The van der Waals surface area contributed by atoms with E-state index < -0.39 is 0 Å². The maximum Gasteiger partial charge on any atom is 0.129 e. The Labute approximate surface area is 94.0 Å². The molecule has 0 atom stereocenters. The van der Waals surface area contributed by atoms with Gasteiger partial charge in [-0.3, -0.25) is 0 Å². The molecule has 1 N–H and O–H groups in total. The van der Waals surface area contributed by atoms with E-state index in [4.69, 9.17) is 0 Å². The second-order valence-electron chi connectivity index (χ2n) is 3.53. The maximum atomic E-state index is 4.29. The zero-order valence-electron chi connectivity index (χ0n) is 8.95. The lowest BCUT2D eigenvalue weighted by Crippen LogP contribution is -2.01. The standard InChI is InChI=1S/C12H14N2S/c1-9-4-3-7-13-12(9)14-8-11-6-5-10(2)15-11/h3-7H,8H2,1-2H3,(H,13,14). The molecule has 78 valence electrons. The number of anilines is 1. The Hall–Kier alpha value is -1.35. The van der Waals surface area contributed by atoms with E-state index in [0.29, 0.717) is 0 Å². The maximum absolute atomic E-state index is 4.29. The van der Waals surface area contributed by atoms with Crippen molar-refractivity contribution in [2.24, 2.45) is 0 Å². The van der Waals surface area contributed by atoms with Gasteiger partial charge in [0.25, 0.3) is 0 Å². The van der Waals surface area contributed by atoms with Crippen LogP contribution in [0.3, 0.4) is 0 Å². The summed E-state index contributed by atoms with van der Waals surface area (Å²) in [5, 5.41) is 3.34. The normalized spacial score (nSPS) is 10.3. The van der Waals surface area contributed by atoms with Gasteiger partial charge in [0.05, 0.1) is 6.54 Å². The Kier molecular flexibility index (Phi) is 3.02. The van der Waals surface area contributed by atoms with Crippen molar-refractivity contribution in [2.75, 3.05) is 5.32 Å². The van der Waals surface area contributed by atoms with Gasteiger partial charge in [0.1, 0.15) is 5.82 Å². The van der Waals surface area contributed by atoms with Crippen LogP contribution in [0.25, 0.3) is 0 Å². The van der Waals surface area contributed by atoms with Gasteiger partial charge in [-0.05, 0) is 37.6 Å². The summed E-state index contributed by atoms with van der Waals surface area (Å²) in [6.07, 6.45) is 1.81. The highest BCUT2D eigenvalue weighted by molar-refractivity contribution is 7.11. The average molecular weight is 218 g/mol. The van der Waals surface area contributed by atoms with Gasteiger partial charge in [0.2, 0.25) is 0 Å². The zero-order chi connectivity index (χ0) is 10.7. The molecule has 2 aromatic heterocycles. The molecule has 0 aliphatic rings. The largest absolute Gasteiger partial charge is 0.365 e. The number of nitrogens with zero attached hydrogens (tertiary/aromatic N) is 1. The highest BCUT2D eigenvalue weighted by Crippen LogP contribution is 2.17. The summed E-state index contributed by atoms with van der Waals surface area (Å²) in [7, 11) is 0. The van der Waals surface area contributed by atoms with E-state index in [1.807, 2.05) is 23.6 Å². The van der Waals surface area contributed by atoms with E-state index in [1.54, 1.807) is 0 Å². The van der Waals surface area contributed by atoms with Crippen LogP contribution in [0.15, 0.2) is 30.5 Å². The minimum Gasteiger partial charge on any atom is -0.365 e. The summed E-state index contributed by atoms with van der Waals surface area (Å²) in [5.74, 6) is 0.976. The third-order valence-electron chi connectivity index (χ3n) is 2.24. The topological polar surface area (TPSA) is 24.9 Å². The van der Waals surface area contributed by atoms with E-state index >= 15 is 0 Å². The second kappa shape index (κ2) is 4.45. The fraction of sp³-hybridized carbons (Fsp3) is 0.250. The summed E-state index contributed by atoms with van der Waals surface area (Å²) in [4.78, 5) is 6.99. The highest BCUT2D eigenvalue weighted by atomic mass is 32.1. The molecule has 0 unspecified atom stereocenters. The van der Waals surface area contributed by atoms with Crippen molar-refractivity contribution in [1.29, 1.82) is 0 Å². The summed E-state index contributed by atoms with van der Waals surface area (Å²) in [5.41, 5.74) is 1.19. The lowest BCUT2D eigenvalue weighted by molar-refractivity contribution is 1.12. The molecule has 0 spiro atoms. The molecule has 0 aliphatic heterocycles. The van der Waals surface area contributed by atoms with Crippen LogP contribution in [0.4, 0.5) is 5.82 Å². The van der Waals surface area contributed by atoms with E-state index in [2.05, 4.69) is 42.3 Å². The molecule has 0 amide bonds. The minimum absolute atomic E-state index is 0.858. The van der Waals surface area contributed by atoms with Gasteiger partial charge in [0.15, 0.2) is 0 Å². The third-order valence-corrected chi connectivity index (χ3v) is 3.24. The first-order chi connectivity index (χ1) is 7.25. The van der Waals surface area contributed by atoms with E-state index in [1.165, 1.54) is 15.3 Å². The van der Waals surface area contributed by atoms with Crippen LogP contribution in [0, 0.1) is 13.8 Å². The molecule has 0 aliphatic carbocycles. The molecule has 2 rings (SSSR count). The van der Waals surface area contributed by atoms with Gasteiger partial charge in [-0.15, -0.1) is 11.3 Å². The molecule has 2 aromatic rings. The molecular weight excluding hydrogens is 204 g/mol. The molecule has 2 heterocycles. The van der Waals surface area contributed by atoms with Crippen LogP contribution in [0.2, 0.25) is 0 Å². The number of aromatic nitrogens is 1. The monoisotopic (exact) mass is 218 g/mol. The predicted molar refractivity (Wildman–Crippen MR) is 65.4 cm³/mol. The van der Waals surface area contributed by atoms with Crippen molar-refractivity contribution in [3.8, 4) is 0 Å². The number of hydrogen-bond acceptors (Lipinski definition) is 3. The van der Waals surface area contributed by atoms with Crippen molar-refractivity contribution in [3.63, 3.8) is 0 Å². The fourth-order valence-electron chi connectivity index (χ4n) is 1.42. The first-order valence-electron chi connectivity index (χ1n) is 4.96. The lowest BCUT2D eigenvalue weighted by atomic mass is 10.3. The van der Waals surface area contributed by atoms with Crippen LogP contribution in [0.1, 0.15) is 15.3 Å². The molecule has 0 saturated heterocycles. The Morgan fingerprint density at radius 2 is 2.13 bits per heavy atom. The van der Waals surface area contributed by atoms with E-state index in [9.17, 15) is 0 Å². The second-order valence-corrected chi connectivity index (χ2v) is 4.91. The molecular formula is C12H14N2S. The SMILES string of the molecule is Cc1ccc(CNc2ncccc2C)s1. The zero-order valence-corrected chi connectivity index (χ0v) is 9.77. The molecule has 0 bridgehead atoms. The molecule has 3 heteroatoms. The van der Waals surface area contributed by atoms with Crippen molar-refractivity contribution in [3.05, 3.63) is 45.8 Å². The van der Waals surface area contributed by atoms with Gasteiger partial charge in [-0.1, -0.05) is 6.07 Å². The fourth-order valence-corrected chi connectivity index (χ4v) is 2.25. The summed E-state index contributed by atoms with van der Waals surface area (Å²) >= 11 is 1.82. The minimum atomic E-state index is 0.858. The summed E-state index contributed by atoms with van der Waals surface area (Å²) < 4.78 is 0. The van der Waals surface area contributed by atoms with Gasteiger partial charge in [0, 0.05) is 16.0 Å². The van der Waals surface area contributed by atoms with Crippen LogP contribution in [-0.4, -0.2) is 4.98 Å². The molecule has 15 heavy (non-hydrogen) atoms. The Morgan fingerprint density at radius 3 is 2.80 bits per heavy atom. The highest BCUT2D eigenvalue weighted by Gasteiger charge is 1.99. The molecule has 0 aromatic carbocycles. The molecule has 0 saturated carbocycles. The van der Waals surface area contributed by atoms with Gasteiger partial charge < -0.3 is 5.32 Å². The number of aryl methyl sites for hydroxylation is 2. The predicted octanol–water partition coefficient (Wildman–Crippen LogP) is 3.37. The van der Waals surface area contributed by atoms with Gasteiger partial charge in [-0.2, -0.15) is 0 Å². The Bertz CT molecular complexity index is 448. The molecule has 2 nitrogen and oxygen atoms in total. The molecule has 0 radical (unpaired) electrons. The van der Waals surface area contributed by atoms with E-state index in [-0.39, 0.29) is 0 Å². The number of hydrogen-bond donors (Lipinski definition) is 1. The first kappa shape index (κ1) is 10.2. The lowest BCUT2D eigenvalue weighted by Gasteiger charge is -2.06. The van der Waals surface area contributed by atoms with Crippen molar-refractivity contribution in [1.82, 2.24) is 4.98 Å². The van der Waals surface area contributed by atoms with Crippen molar-refractivity contribution >= 4 is 17.2 Å². The smallest absolute Gasteiger partial charge is 0.129 e. The quantitative estimate of drug-likeness (QED) is 0.854. The number of nitrogens with one attached hydrogen (secondary N) is 1. The summed E-state index contributed by atoms with van der Waals surface area (Å²) in [6, 6.07) is 8.32. The molecule has 0 fully saturated rings. The van der Waals surface area contributed by atoms with Gasteiger partial charge >= 0.3 is 0 Å². The number of rotatable bonds is 3. The summed E-state index contributed by atoms with van der Waals surface area (Å²) in [6.45, 7) is 5.05. The van der Waals surface area contributed by atoms with E-state index in [0.717, 1.165) is 12.4 Å². The first-order valence-corrected chi connectivity index (χ1v) is 5.78. The van der Waals surface area contributed by atoms with Crippen LogP contribution < -0.4 is 5.32 Å². The van der Waals surface area contributed by atoms with Crippen LogP contribution >= 0.6 is 11.3 Å². The Morgan fingerprint density at radius 1 is 1.27 bits per heavy atom. The van der Waals surface area contributed by atoms with Crippen molar-refractivity contribution < 1.29 is 0 Å². The van der Waals surface area contributed by atoms with Crippen molar-refractivity contribution in [2.45, 2.75) is 20.4 Å². The third kappa shape index (κ3) is 2.57. The Balaban J connectivity index is 2.02. The average Bonchev–Trinajstić information content (AvgIpc) is 2.63. The van der Waals surface area contributed by atoms with Crippen LogP contribution in [0.5, 0.6) is 0 Å². The van der Waals surface area contributed by atoms with Crippen LogP contribution in [-0.2, 0) is 6.54 Å². The number of pyridine rings is 1. The number of thiophene rings is 1. The van der Waals surface area contributed by atoms with Gasteiger partial charge in [-0.25, -0.2) is 4.98 Å².